The van der Waals surface area contributed by atoms with Gasteiger partial charge >= 0.3 is 7.60 Å². The number of ether oxygens (including phenoxy) is 1. The smallest absolute Gasteiger partial charge is 0.325 e. The van der Waals surface area contributed by atoms with E-state index < -0.39 is 38.3 Å². The van der Waals surface area contributed by atoms with Crippen LogP contribution in [0.3, 0.4) is 0 Å². The highest BCUT2D eigenvalue weighted by molar-refractivity contribution is 7.51. The lowest BCUT2D eigenvalue weighted by molar-refractivity contribution is -0.0355. The Balaban J connectivity index is 1.45. The van der Waals surface area contributed by atoms with Gasteiger partial charge in [-0.3, -0.25) is 9.13 Å². The van der Waals surface area contributed by atoms with Crippen LogP contribution in [0.15, 0.2) is 48.8 Å². The fourth-order valence-corrected chi connectivity index (χ4v) is 4.82. The van der Waals surface area contributed by atoms with Crippen molar-refractivity contribution < 1.29 is 29.3 Å². The van der Waals surface area contributed by atoms with Crippen molar-refractivity contribution in [3.8, 4) is 0 Å². The van der Waals surface area contributed by atoms with Gasteiger partial charge in [0.25, 0.3) is 0 Å². The quantitative estimate of drug-likeness (QED) is 0.194. The second-order valence-electron chi connectivity index (χ2n) is 8.08. The number of fused-ring (bicyclic) bond motifs is 2. The van der Waals surface area contributed by atoms with Crippen molar-refractivity contribution in [1.82, 2.24) is 19.5 Å². The lowest BCUT2D eigenvalue weighted by Crippen LogP contribution is -2.31. The Bertz CT molecular complexity index is 1410. The number of aromatic nitrogens is 4. The van der Waals surface area contributed by atoms with Crippen LogP contribution in [0.5, 0.6) is 0 Å². The van der Waals surface area contributed by atoms with Gasteiger partial charge in [0.05, 0.1) is 18.6 Å². The molecule has 1 saturated heterocycles. The molecule has 0 spiro atoms. The second kappa shape index (κ2) is 8.86. The van der Waals surface area contributed by atoms with E-state index >= 15 is 0 Å². The molecule has 0 radical (unpaired) electrons. The van der Waals surface area contributed by atoms with Crippen LogP contribution in [0.25, 0.3) is 21.9 Å². The summed E-state index contributed by atoms with van der Waals surface area (Å²) in [5.41, 5.74) is 1.38. The van der Waals surface area contributed by atoms with E-state index in [4.69, 9.17) is 26.1 Å². The molecular weight excluding hydrogens is 485 g/mol. The fourth-order valence-electron chi connectivity index (χ4n) is 4.06. The number of aliphatic hydroxyl groups excluding tert-OH is 2. The van der Waals surface area contributed by atoms with Crippen LogP contribution in [-0.2, 0) is 9.30 Å². The van der Waals surface area contributed by atoms with E-state index in [-0.39, 0.29) is 17.4 Å². The van der Waals surface area contributed by atoms with Gasteiger partial charge in [0.15, 0.2) is 23.2 Å². The van der Waals surface area contributed by atoms with Gasteiger partial charge in [-0.1, -0.05) is 30.3 Å². The molecular formula is C21H21ClN5O6P. The van der Waals surface area contributed by atoms with E-state index in [1.165, 1.54) is 10.9 Å². The van der Waals surface area contributed by atoms with Gasteiger partial charge in [-0.2, -0.15) is 9.97 Å². The summed E-state index contributed by atoms with van der Waals surface area (Å²) >= 11 is 6.17. The van der Waals surface area contributed by atoms with E-state index in [0.29, 0.717) is 11.3 Å². The average Bonchev–Trinajstić information content (AvgIpc) is 3.33. The maximum Gasteiger partial charge on any atom is 0.325 e. The van der Waals surface area contributed by atoms with Crippen molar-refractivity contribution in [2.24, 2.45) is 0 Å². The van der Waals surface area contributed by atoms with E-state index in [9.17, 15) is 14.8 Å². The highest BCUT2D eigenvalue weighted by Gasteiger charge is 2.44. The molecule has 4 aromatic rings. The Morgan fingerprint density at radius 3 is 2.62 bits per heavy atom. The lowest BCUT2D eigenvalue weighted by atomic mass is 10.1. The average molecular weight is 506 g/mol. The summed E-state index contributed by atoms with van der Waals surface area (Å²) in [6, 6.07) is 13.7. The first-order valence-electron chi connectivity index (χ1n) is 10.4. The van der Waals surface area contributed by atoms with Gasteiger partial charge in [0.2, 0.25) is 5.28 Å². The molecule has 1 aliphatic rings. The zero-order valence-electron chi connectivity index (χ0n) is 17.6. The van der Waals surface area contributed by atoms with Crippen molar-refractivity contribution in [3.05, 3.63) is 54.1 Å². The molecule has 0 bridgehead atoms. The molecule has 178 valence electrons. The number of rotatable bonds is 6. The Morgan fingerprint density at radius 1 is 1.09 bits per heavy atom. The zero-order valence-corrected chi connectivity index (χ0v) is 19.2. The van der Waals surface area contributed by atoms with Crippen LogP contribution in [0.2, 0.25) is 5.28 Å². The first-order chi connectivity index (χ1) is 16.2. The third-order valence-electron chi connectivity index (χ3n) is 5.72. The molecule has 5 N–H and O–H groups in total. The normalized spacial score (nSPS) is 23.1. The van der Waals surface area contributed by atoms with E-state index in [0.717, 1.165) is 16.5 Å². The Labute approximate surface area is 198 Å². The molecule has 4 atom stereocenters. The summed E-state index contributed by atoms with van der Waals surface area (Å²) in [6.07, 6.45) is -4.00. The third-order valence-corrected chi connectivity index (χ3v) is 6.73. The van der Waals surface area contributed by atoms with E-state index in [1.807, 2.05) is 42.5 Å². The number of anilines is 2. The van der Waals surface area contributed by atoms with Gasteiger partial charge in [-0.25, -0.2) is 4.98 Å². The molecule has 0 aliphatic carbocycles. The number of nitrogens with zero attached hydrogens (tertiary/aromatic N) is 4. The summed E-state index contributed by atoms with van der Waals surface area (Å²) in [5.74, 6) is 0.343. The maximum atomic E-state index is 11.2. The van der Waals surface area contributed by atoms with Crippen LogP contribution >= 0.6 is 19.2 Å². The van der Waals surface area contributed by atoms with Crippen LogP contribution in [0.4, 0.5) is 11.5 Å². The standard InChI is InChI=1S/C21H21ClN5O6P/c22-21-25-18(24-13-6-5-11-3-1-2-4-12(11)9-13)15-19(26-21)27(10-23-15)20-17(29)16(28)14(33-20)7-8-34(30,31)32/h1-6,9-10,14,16-17,20,28-29H,7-8H2,(H,24,25,26)(H2,30,31,32)/t14-,16?,17?,20-/m1/s1. The molecule has 1 aliphatic heterocycles. The summed E-state index contributed by atoms with van der Waals surface area (Å²) in [6.45, 7) is 0. The van der Waals surface area contributed by atoms with Crippen molar-refractivity contribution in [3.63, 3.8) is 0 Å². The summed E-state index contributed by atoms with van der Waals surface area (Å²) in [5, 5.41) is 26.2. The number of halogens is 1. The van der Waals surface area contributed by atoms with Crippen molar-refractivity contribution in [1.29, 1.82) is 0 Å². The largest absolute Gasteiger partial charge is 0.388 e. The Morgan fingerprint density at radius 2 is 1.85 bits per heavy atom. The summed E-state index contributed by atoms with van der Waals surface area (Å²) in [4.78, 5) is 31.1. The minimum atomic E-state index is -4.28. The SMILES string of the molecule is O=P(O)(O)CC[C@H]1O[C@@H](n2cnc3c(Nc4ccc5ccccc5c4)nc(Cl)nc32)C(O)C1O. The lowest BCUT2D eigenvalue weighted by Gasteiger charge is -2.17. The molecule has 2 aromatic carbocycles. The van der Waals surface area contributed by atoms with Crippen molar-refractivity contribution in [2.75, 3.05) is 11.5 Å². The summed E-state index contributed by atoms with van der Waals surface area (Å²) < 4.78 is 18.4. The topological polar surface area (TPSA) is 163 Å². The minimum Gasteiger partial charge on any atom is -0.388 e. The predicted octanol–water partition coefficient (Wildman–Crippen LogP) is 2.56. The molecule has 2 unspecified atom stereocenters. The number of benzene rings is 2. The van der Waals surface area contributed by atoms with Gasteiger partial charge in [-0.05, 0) is 40.9 Å². The highest BCUT2D eigenvalue weighted by atomic mass is 35.5. The molecule has 0 saturated carbocycles. The first kappa shape index (κ1) is 23.1. The number of nitrogens with one attached hydrogen (secondary N) is 1. The predicted molar refractivity (Wildman–Crippen MR) is 125 cm³/mol. The summed E-state index contributed by atoms with van der Waals surface area (Å²) in [7, 11) is -4.28. The number of hydrogen-bond donors (Lipinski definition) is 5. The van der Waals surface area contributed by atoms with Crippen molar-refractivity contribution in [2.45, 2.75) is 31.0 Å². The molecule has 2 aromatic heterocycles. The minimum absolute atomic E-state index is 0.0661. The third kappa shape index (κ3) is 4.51. The number of imidazole rings is 1. The zero-order chi connectivity index (χ0) is 24.0. The Hall–Kier alpha value is -2.63. The number of aliphatic hydroxyl groups is 2. The maximum absolute atomic E-state index is 11.2. The molecule has 5 rings (SSSR count). The van der Waals surface area contributed by atoms with Crippen LogP contribution in [0, 0.1) is 0 Å². The van der Waals surface area contributed by atoms with Crippen molar-refractivity contribution >= 4 is 52.6 Å². The van der Waals surface area contributed by atoms with E-state index in [2.05, 4.69) is 20.3 Å². The second-order valence-corrected chi connectivity index (χ2v) is 10.2. The highest BCUT2D eigenvalue weighted by Crippen LogP contribution is 2.40. The molecule has 34 heavy (non-hydrogen) atoms. The monoisotopic (exact) mass is 505 g/mol. The van der Waals surface area contributed by atoms with Crippen LogP contribution < -0.4 is 5.32 Å². The molecule has 1 fully saturated rings. The van der Waals surface area contributed by atoms with Crippen LogP contribution in [-0.4, -0.2) is 64.0 Å². The van der Waals surface area contributed by atoms with E-state index in [1.54, 1.807) is 0 Å². The number of hydrogen-bond acceptors (Lipinski definition) is 8. The molecule has 0 amide bonds. The molecule has 13 heteroatoms. The van der Waals surface area contributed by atoms with Gasteiger partial charge in [-0.15, -0.1) is 0 Å². The molecule has 11 nitrogen and oxygen atoms in total. The molecule has 3 heterocycles. The first-order valence-corrected chi connectivity index (χ1v) is 12.6. The Kier molecular flexibility index (Phi) is 6.03. The fraction of sp³-hybridized carbons (Fsp3) is 0.286. The van der Waals surface area contributed by atoms with Gasteiger partial charge in [0, 0.05) is 5.69 Å². The van der Waals surface area contributed by atoms with Gasteiger partial charge < -0.3 is 30.1 Å². The van der Waals surface area contributed by atoms with Crippen LogP contribution in [0.1, 0.15) is 12.6 Å². The van der Waals surface area contributed by atoms with Gasteiger partial charge in [0.1, 0.15) is 12.2 Å².